The zero-order valence-corrected chi connectivity index (χ0v) is 29.2. The minimum atomic E-state index is 0.558. The first-order chi connectivity index (χ1) is 26.8. The lowest BCUT2D eigenvalue weighted by molar-refractivity contribution is 0.669. The van der Waals surface area contributed by atoms with E-state index in [1.54, 1.807) is 0 Å². The normalized spacial score (nSPS) is 11.3. The third-order valence-electron chi connectivity index (χ3n) is 9.90. The van der Waals surface area contributed by atoms with Crippen molar-refractivity contribution in [2.24, 2.45) is 0 Å². The van der Waals surface area contributed by atoms with E-state index in [0.717, 1.165) is 72.0 Å². The summed E-state index contributed by atoms with van der Waals surface area (Å²) in [6.45, 7) is 0. The monoisotopic (exact) mass is 692 g/mol. The Morgan fingerprint density at radius 1 is 0.370 bits per heavy atom. The molecular weight excluding hydrogens is 661 g/mol. The van der Waals surface area contributed by atoms with E-state index in [1.807, 2.05) is 54.6 Å². The van der Waals surface area contributed by atoms with Gasteiger partial charge >= 0.3 is 0 Å². The molecule has 10 aromatic rings. The van der Waals surface area contributed by atoms with Crippen LogP contribution >= 0.6 is 0 Å². The molecule has 0 saturated heterocycles. The van der Waals surface area contributed by atoms with Gasteiger partial charge in [-0.15, -0.1) is 0 Å². The van der Waals surface area contributed by atoms with Gasteiger partial charge in [0.15, 0.2) is 17.5 Å². The van der Waals surface area contributed by atoms with Crippen molar-refractivity contribution in [2.45, 2.75) is 0 Å². The van der Waals surface area contributed by atoms with Gasteiger partial charge in [0.2, 0.25) is 0 Å². The largest absolute Gasteiger partial charge is 0.456 e. The van der Waals surface area contributed by atoms with Gasteiger partial charge < -0.3 is 9.32 Å². The highest BCUT2D eigenvalue weighted by molar-refractivity contribution is 6.14. The summed E-state index contributed by atoms with van der Waals surface area (Å²) < 4.78 is 6.64. The fourth-order valence-corrected chi connectivity index (χ4v) is 7.34. The van der Waals surface area contributed by atoms with Crippen molar-refractivity contribution >= 4 is 49.8 Å². The molecule has 2 heterocycles. The number of fused-ring (bicyclic) bond motifs is 4. The lowest BCUT2D eigenvalue weighted by atomic mass is 10.0. The SMILES string of the molecule is c1ccc(-c2ccc(N(c3ccccc3)c3cc(-c4nc(-c5ccccc5)nc(-c5cccc6ccccc56)n4)cc4oc5ccccc5c34)cc2)cc1. The first kappa shape index (κ1) is 31.4. The van der Waals surface area contributed by atoms with Crippen LogP contribution in [0.25, 0.3) is 78.0 Å². The quantitative estimate of drug-likeness (QED) is 0.166. The number of aromatic nitrogens is 3. The average Bonchev–Trinajstić information content (AvgIpc) is 3.63. The third-order valence-corrected chi connectivity index (χ3v) is 9.90. The van der Waals surface area contributed by atoms with Crippen LogP contribution in [-0.2, 0) is 0 Å². The molecule has 0 aliphatic rings. The van der Waals surface area contributed by atoms with Crippen LogP contribution in [0.5, 0.6) is 0 Å². The maximum atomic E-state index is 6.64. The summed E-state index contributed by atoms with van der Waals surface area (Å²) in [7, 11) is 0. The van der Waals surface area contributed by atoms with Gasteiger partial charge in [-0.05, 0) is 64.4 Å². The molecule has 2 aromatic heterocycles. The molecule has 0 fully saturated rings. The van der Waals surface area contributed by atoms with Gasteiger partial charge in [0.05, 0.1) is 11.1 Å². The van der Waals surface area contributed by atoms with Crippen LogP contribution in [0, 0.1) is 0 Å². The summed E-state index contributed by atoms with van der Waals surface area (Å²) in [5.74, 6) is 1.77. The van der Waals surface area contributed by atoms with Gasteiger partial charge in [-0.3, -0.25) is 0 Å². The molecule has 0 atom stereocenters. The van der Waals surface area contributed by atoms with E-state index in [9.17, 15) is 0 Å². The van der Waals surface area contributed by atoms with Gasteiger partial charge in [0.1, 0.15) is 11.2 Å². The highest BCUT2D eigenvalue weighted by Gasteiger charge is 2.23. The predicted molar refractivity (Wildman–Crippen MR) is 221 cm³/mol. The van der Waals surface area contributed by atoms with Crippen LogP contribution in [0.2, 0.25) is 0 Å². The molecule has 0 amide bonds. The number of para-hydroxylation sites is 2. The van der Waals surface area contributed by atoms with Crippen molar-refractivity contribution in [2.75, 3.05) is 4.90 Å². The number of hydrogen-bond acceptors (Lipinski definition) is 5. The van der Waals surface area contributed by atoms with E-state index >= 15 is 0 Å². The highest BCUT2D eigenvalue weighted by Crippen LogP contribution is 2.45. The molecule has 0 saturated carbocycles. The molecule has 10 rings (SSSR count). The minimum Gasteiger partial charge on any atom is -0.456 e. The maximum Gasteiger partial charge on any atom is 0.164 e. The van der Waals surface area contributed by atoms with Crippen LogP contribution in [0.15, 0.2) is 199 Å². The zero-order valence-electron chi connectivity index (χ0n) is 29.2. The van der Waals surface area contributed by atoms with Crippen LogP contribution < -0.4 is 4.90 Å². The van der Waals surface area contributed by atoms with E-state index in [-0.39, 0.29) is 0 Å². The van der Waals surface area contributed by atoms with Crippen LogP contribution in [0.4, 0.5) is 17.1 Å². The Hall–Kier alpha value is -7.37. The third kappa shape index (κ3) is 5.65. The zero-order chi connectivity index (χ0) is 35.8. The number of rotatable bonds is 7. The van der Waals surface area contributed by atoms with Crippen molar-refractivity contribution in [1.29, 1.82) is 0 Å². The molecule has 0 radical (unpaired) electrons. The van der Waals surface area contributed by atoms with E-state index in [2.05, 4.69) is 144 Å². The molecule has 5 nitrogen and oxygen atoms in total. The number of furan rings is 1. The molecule has 0 spiro atoms. The van der Waals surface area contributed by atoms with Crippen LogP contribution in [-0.4, -0.2) is 15.0 Å². The maximum absolute atomic E-state index is 6.64. The topological polar surface area (TPSA) is 55.1 Å². The molecule has 5 heteroatoms. The summed E-state index contributed by atoms with van der Waals surface area (Å²) in [6.07, 6.45) is 0. The Bertz CT molecular complexity index is 2920. The van der Waals surface area contributed by atoms with Crippen molar-refractivity contribution in [3.63, 3.8) is 0 Å². The van der Waals surface area contributed by atoms with E-state index in [0.29, 0.717) is 17.5 Å². The molecule has 254 valence electrons. The van der Waals surface area contributed by atoms with Crippen molar-refractivity contribution in [3.8, 4) is 45.3 Å². The first-order valence-corrected chi connectivity index (χ1v) is 18.0. The fourth-order valence-electron chi connectivity index (χ4n) is 7.34. The molecule has 0 aliphatic heterocycles. The standard InChI is InChI=1S/C49H32N4O/c1-4-15-33(16-5-1)34-27-29-39(30-28-34)53(38-21-8-3-9-22-38)43-31-37(32-45-46(43)42-24-12-13-26-44(42)54-45)48-50-47(36-18-6-2-7-19-36)51-49(52-48)41-25-14-20-35-17-10-11-23-40(35)41/h1-32H. The second-order valence-electron chi connectivity index (χ2n) is 13.2. The van der Waals surface area contributed by atoms with Gasteiger partial charge in [0.25, 0.3) is 0 Å². The lowest BCUT2D eigenvalue weighted by Gasteiger charge is -2.27. The molecular formula is C49H32N4O. The average molecular weight is 693 g/mol. The van der Waals surface area contributed by atoms with Gasteiger partial charge in [-0.25, -0.2) is 15.0 Å². The fraction of sp³-hybridized carbons (Fsp3) is 0. The van der Waals surface area contributed by atoms with Gasteiger partial charge in [-0.1, -0.05) is 152 Å². The molecule has 0 N–H and O–H groups in total. The Labute approximate surface area is 312 Å². The van der Waals surface area contributed by atoms with Crippen molar-refractivity contribution in [3.05, 3.63) is 194 Å². The number of hydrogen-bond donors (Lipinski definition) is 0. The second kappa shape index (κ2) is 13.3. The van der Waals surface area contributed by atoms with E-state index in [1.165, 1.54) is 5.56 Å². The van der Waals surface area contributed by atoms with Gasteiger partial charge in [-0.2, -0.15) is 0 Å². The van der Waals surface area contributed by atoms with Crippen molar-refractivity contribution in [1.82, 2.24) is 15.0 Å². The van der Waals surface area contributed by atoms with E-state index in [4.69, 9.17) is 19.4 Å². The van der Waals surface area contributed by atoms with Crippen LogP contribution in [0.3, 0.4) is 0 Å². The summed E-state index contributed by atoms with van der Waals surface area (Å²) in [5.41, 5.74) is 9.56. The number of benzene rings is 8. The number of anilines is 3. The Kier molecular flexibility index (Phi) is 7.73. The summed E-state index contributed by atoms with van der Waals surface area (Å²) in [4.78, 5) is 17.7. The molecule has 54 heavy (non-hydrogen) atoms. The summed E-state index contributed by atoms with van der Waals surface area (Å²) in [5, 5.41) is 4.25. The summed E-state index contributed by atoms with van der Waals surface area (Å²) in [6, 6.07) is 66.9. The second-order valence-corrected chi connectivity index (χ2v) is 13.2. The Morgan fingerprint density at radius 2 is 0.926 bits per heavy atom. The molecule has 8 aromatic carbocycles. The smallest absolute Gasteiger partial charge is 0.164 e. The Balaban J connectivity index is 1.23. The first-order valence-electron chi connectivity index (χ1n) is 18.0. The van der Waals surface area contributed by atoms with Crippen molar-refractivity contribution < 1.29 is 4.42 Å². The summed E-state index contributed by atoms with van der Waals surface area (Å²) >= 11 is 0. The predicted octanol–water partition coefficient (Wildman–Crippen LogP) is 13.1. The molecule has 0 aliphatic carbocycles. The van der Waals surface area contributed by atoms with E-state index < -0.39 is 0 Å². The van der Waals surface area contributed by atoms with Gasteiger partial charge in [0, 0.05) is 33.5 Å². The molecule has 0 unspecified atom stereocenters. The van der Waals surface area contributed by atoms with Crippen LogP contribution in [0.1, 0.15) is 0 Å². The number of nitrogens with zero attached hydrogens (tertiary/aromatic N) is 4. The highest BCUT2D eigenvalue weighted by atomic mass is 16.3. The molecule has 0 bridgehead atoms. The minimum absolute atomic E-state index is 0.558. The lowest BCUT2D eigenvalue weighted by Crippen LogP contribution is -2.10. The Morgan fingerprint density at radius 3 is 1.69 bits per heavy atom.